The lowest BCUT2D eigenvalue weighted by atomic mass is 9.92. The van der Waals surface area contributed by atoms with E-state index >= 15 is 4.39 Å². The molecule has 2 atom stereocenters. The zero-order valence-corrected chi connectivity index (χ0v) is 18.1. The molecule has 4 nitrogen and oxygen atoms in total. The van der Waals surface area contributed by atoms with Crippen molar-refractivity contribution in [2.45, 2.75) is 18.7 Å². The fourth-order valence-electron chi connectivity index (χ4n) is 3.68. The quantitative estimate of drug-likeness (QED) is 0.507. The van der Waals surface area contributed by atoms with E-state index in [4.69, 9.17) is 23.2 Å². The maximum absolute atomic E-state index is 15.0. The van der Waals surface area contributed by atoms with E-state index in [1.807, 2.05) is 0 Å². The lowest BCUT2D eigenvalue weighted by Crippen LogP contribution is -2.46. The summed E-state index contributed by atoms with van der Waals surface area (Å²) in [6.07, 6.45) is 1.46. The summed E-state index contributed by atoms with van der Waals surface area (Å²) in [5.41, 5.74) is -1.25. The number of carbonyl (C=O) groups is 1. The van der Waals surface area contributed by atoms with Crippen LogP contribution in [-0.2, 0) is 5.72 Å². The van der Waals surface area contributed by atoms with Crippen LogP contribution in [0.3, 0.4) is 0 Å². The first kappa shape index (κ1) is 20.3. The Labute approximate surface area is 185 Å². The molecule has 1 amide bonds. The van der Waals surface area contributed by atoms with Crippen molar-refractivity contribution in [1.82, 2.24) is 9.88 Å². The number of hydrogen-bond acceptors (Lipinski definition) is 3. The van der Waals surface area contributed by atoms with Gasteiger partial charge in [-0.25, -0.2) is 4.39 Å². The van der Waals surface area contributed by atoms with Crippen LogP contribution >= 0.6 is 39.1 Å². The number of fused-ring (bicyclic) bond motifs is 1. The summed E-state index contributed by atoms with van der Waals surface area (Å²) in [7, 11) is 0. The fraction of sp³-hybridized carbons (Fsp3) is 0.143. The van der Waals surface area contributed by atoms with Crippen LogP contribution in [0, 0.1) is 5.82 Å². The molecular weight excluding hydrogens is 482 g/mol. The Balaban J connectivity index is 1.95. The number of pyridine rings is 1. The largest absolute Gasteiger partial charge is 0.363 e. The van der Waals surface area contributed by atoms with Gasteiger partial charge in [-0.1, -0.05) is 51.3 Å². The number of hydrogen-bond donors (Lipinski definition) is 1. The van der Waals surface area contributed by atoms with Crippen molar-refractivity contribution in [3.05, 3.63) is 97.4 Å². The summed E-state index contributed by atoms with van der Waals surface area (Å²) in [4.78, 5) is 18.8. The third kappa shape index (κ3) is 3.24. The van der Waals surface area contributed by atoms with Gasteiger partial charge in [0, 0.05) is 21.3 Å². The second kappa shape index (κ2) is 7.36. The molecule has 3 aromatic rings. The topological polar surface area (TPSA) is 53.4 Å². The van der Waals surface area contributed by atoms with E-state index in [1.165, 1.54) is 23.2 Å². The van der Waals surface area contributed by atoms with Crippen LogP contribution in [-0.4, -0.2) is 20.9 Å². The number of amides is 1. The second-order valence-corrected chi connectivity index (χ2v) is 8.53. The van der Waals surface area contributed by atoms with Crippen LogP contribution in [0.2, 0.25) is 10.0 Å². The molecule has 0 radical (unpaired) electrons. The first-order chi connectivity index (χ1) is 13.7. The molecule has 2 aromatic carbocycles. The molecule has 8 heteroatoms. The van der Waals surface area contributed by atoms with Crippen LogP contribution < -0.4 is 0 Å². The van der Waals surface area contributed by atoms with Crippen molar-refractivity contribution in [1.29, 1.82) is 0 Å². The van der Waals surface area contributed by atoms with E-state index in [9.17, 15) is 9.90 Å². The standard InChI is InChI=1S/C21H14BrCl2FN2O2/c1-11(18-7-6-15(24)10-26-18)27-20(28)16-8-13(22)9-17(25)19(16)21(27,29)12-2-4-14(23)5-3-12/h2-11,29H,1H3/t11-,21?/m0/s1. The summed E-state index contributed by atoms with van der Waals surface area (Å²) >= 11 is 15.1. The predicted octanol–water partition coefficient (Wildman–Crippen LogP) is 5.70. The van der Waals surface area contributed by atoms with Crippen molar-refractivity contribution in [2.24, 2.45) is 0 Å². The lowest BCUT2D eigenvalue weighted by molar-refractivity contribution is -0.0702. The fourth-order valence-corrected chi connectivity index (χ4v) is 4.35. The molecule has 2 heterocycles. The predicted molar refractivity (Wildman–Crippen MR) is 112 cm³/mol. The Hall–Kier alpha value is -1.99. The summed E-state index contributed by atoms with van der Waals surface area (Å²) in [5, 5.41) is 12.7. The molecule has 0 saturated heterocycles. The van der Waals surface area contributed by atoms with Gasteiger partial charge in [0.25, 0.3) is 5.91 Å². The SMILES string of the molecule is C[C@@H](c1ccc(Cl)cn1)N1C(=O)c2cc(Br)cc(F)c2C1(O)c1ccc(Cl)cc1. The highest BCUT2D eigenvalue weighted by atomic mass is 79.9. The van der Waals surface area contributed by atoms with E-state index in [-0.39, 0.29) is 11.1 Å². The molecule has 0 aliphatic carbocycles. The number of halogens is 4. The summed E-state index contributed by atoms with van der Waals surface area (Å²) in [5.74, 6) is -1.21. The zero-order chi connectivity index (χ0) is 20.9. The minimum Gasteiger partial charge on any atom is -0.363 e. The number of rotatable bonds is 3. The van der Waals surface area contributed by atoms with E-state index < -0.39 is 23.5 Å². The Kier molecular flexibility index (Phi) is 5.15. The van der Waals surface area contributed by atoms with Gasteiger partial charge in [0.1, 0.15) is 5.82 Å². The van der Waals surface area contributed by atoms with Crippen molar-refractivity contribution in [3.8, 4) is 0 Å². The average Bonchev–Trinajstić information content (AvgIpc) is 2.90. The van der Waals surface area contributed by atoms with Gasteiger partial charge < -0.3 is 5.11 Å². The maximum atomic E-state index is 15.0. The molecular formula is C21H14BrCl2FN2O2. The van der Waals surface area contributed by atoms with E-state index in [2.05, 4.69) is 20.9 Å². The summed E-state index contributed by atoms with van der Waals surface area (Å²) in [6.45, 7) is 1.72. The van der Waals surface area contributed by atoms with Gasteiger partial charge in [-0.2, -0.15) is 0 Å². The Morgan fingerprint density at radius 2 is 1.79 bits per heavy atom. The molecule has 1 unspecified atom stereocenters. The monoisotopic (exact) mass is 494 g/mol. The molecule has 1 aliphatic heterocycles. The van der Waals surface area contributed by atoms with Crippen LogP contribution in [0.15, 0.2) is 59.2 Å². The Morgan fingerprint density at radius 3 is 2.41 bits per heavy atom. The van der Waals surface area contributed by atoms with Crippen LogP contribution in [0.1, 0.15) is 40.1 Å². The smallest absolute Gasteiger partial charge is 0.257 e. The average molecular weight is 496 g/mol. The summed E-state index contributed by atoms with van der Waals surface area (Å²) < 4.78 is 15.5. The maximum Gasteiger partial charge on any atom is 0.257 e. The molecule has 1 aliphatic rings. The number of aromatic nitrogens is 1. The van der Waals surface area contributed by atoms with Crippen LogP contribution in [0.4, 0.5) is 4.39 Å². The van der Waals surface area contributed by atoms with Crippen molar-refractivity contribution in [2.75, 3.05) is 0 Å². The van der Waals surface area contributed by atoms with E-state index in [0.717, 1.165) is 0 Å². The first-order valence-electron chi connectivity index (χ1n) is 8.66. The molecule has 1 N–H and O–H groups in total. The zero-order valence-electron chi connectivity index (χ0n) is 15.0. The van der Waals surface area contributed by atoms with Crippen molar-refractivity contribution in [3.63, 3.8) is 0 Å². The first-order valence-corrected chi connectivity index (χ1v) is 10.2. The molecule has 148 valence electrons. The van der Waals surface area contributed by atoms with E-state index in [1.54, 1.807) is 43.3 Å². The van der Waals surface area contributed by atoms with Gasteiger partial charge in [-0.05, 0) is 43.3 Å². The molecule has 4 rings (SSSR count). The molecule has 1 aromatic heterocycles. The van der Waals surface area contributed by atoms with Gasteiger partial charge in [0.2, 0.25) is 0 Å². The van der Waals surface area contributed by atoms with Crippen molar-refractivity contribution >= 4 is 45.0 Å². The van der Waals surface area contributed by atoms with Gasteiger partial charge in [0.15, 0.2) is 5.72 Å². The highest BCUT2D eigenvalue weighted by Crippen LogP contribution is 2.48. The highest BCUT2D eigenvalue weighted by molar-refractivity contribution is 9.10. The molecule has 0 fully saturated rings. The minimum absolute atomic E-state index is 0.0788. The summed E-state index contributed by atoms with van der Waals surface area (Å²) in [6, 6.07) is 11.7. The molecule has 29 heavy (non-hydrogen) atoms. The Morgan fingerprint density at radius 1 is 1.14 bits per heavy atom. The van der Waals surface area contributed by atoms with Gasteiger partial charge in [-0.15, -0.1) is 0 Å². The Bertz CT molecular complexity index is 1110. The third-order valence-corrected chi connectivity index (χ3v) is 5.95. The highest BCUT2D eigenvalue weighted by Gasteiger charge is 2.54. The molecule has 0 bridgehead atoms. The van der Waals surface area contributed by atoms with Gasteiger partial charge in [-0.3, -0.25) is 14.7 Å². The normalized spacial score (nSPS) is 19.4. The molecule has 0 saturated carbocycles. The van der Waals surface area contributed by atoms with Crippen LogP contribution in [0.25, 0.3) is 0 Å². The van der Waals surface area contributed by atoms with Crippen molar-refractivity contribution < 1.29 is 14.3 Å². The number of benzene rings is 2. The lowest BCUT2D eigenvalue weighted by Gasteiger charge is -2.38. The van der Waals surface area contributed by atoms with Crippen LogP contribution in [0.5, 0.6) is 0 Å². The van der Waals surface area contributed by atoms with Gasteiger partial charge >= 0.3 is 0 Å². The third-order valence-electron chi connectivity index (χ3n) is 5.01. The van der Waals surface area contributed by atoms with E-state index in [0.29, 0.717) is 25.8 Å². The second-order valence-electron chi connectivity index (χ2n) is 6.74. The number of nitrogens with zero attached hydrogens (tertiary/aromatic N) is 2. The number of carbonyl (C=O) groups excluding carboxylic acids is 1. The molecule has 0 spiro atoms. The minimum atomic E-state index is -2.04. The van der Waals surface area contributed by atoms with Gasteiger partial charge in [0.05, 0.1) is 27.9 Å². The number of aliphatic hydroxyl groups is 1.